The lowest BCUT2D eigenvalue weighted by molar-refractivity contribution is 0.960. The Morgan fingerprint density at radius 2 is 1.95 bits per heavy atom. The summed E-state index contributed by atoms with van der Waals surface area (Å²) >= 11 is 0. The summed E-state index contributed by atoms with van der Waals surface area (Å²) < 4.78 is 0. The lowest BCUT2D eigenvalue weighted by Gasteiger charge is -2.19. The molecule has 1 aromatic heterocycles. The smallest absolute Gasteiger partial charge is 0.113 e. The third-order valence-corrected chi connectivity index (χ3v) is 3.12. The minimum absolute atomic E-state index is 0.999. The van der Waals surface area contributed by atoms with Crippen LogP contribution in [0.5, 0.6) is 0 Å². The highest BCUT2D eigenvalue weighted by Crippen LogP contribution is 2.29. The van der Waals surface area contributed by atoms with Gasteiger partial charge >= 0.3 is 0 Å². The molecule has 0 aliphatic carbocycles. The molecule has 1 aromatic carbocycles. The van der Waals surface area contributed by atoms with Crippen LogP contribution >= 0.6 is 0 Å². The number of hydrogen-bond acceptors (Lipinski definition) is 2. The van der Waals surface area contributed by atoms with Gasteiger partial charge in [0.25, 0.3) is 0 Å². The average Bonchev–Trinajstić information content (AvgIpc) is 2.49. The first-order valence-electron chi connectivity index (χ1n) is 6.34. The number of nitrogens with one attached hydrogen (secondary N) is 1. The maximum atomic E-state index is 4.46. The quantitative estimate of drug-likeness (QED) is 0.877. The molecule has 1 aliphatic heterocycles. The van der Waals surface area contributed by atoms with Crippen LogP contribution in [-0.4, -0.2) is 4.98 Å². The molecule has 0 spiro atoms. The lowest BCUT2D eigenvalue weighted by atomic mass is 9.95. The van der Waals surface area contributed by atoms with Crippen molar-refractivity contribution in [2.45, 2.75) is 6.92 Å². The second-order valence-electron chi connectivity index (χ2n) is 4.54. The van der Waals surface area contributed by atoms with Gasteiger partial charge in [-0.2, -0.15) is 0 Å². The van der Waals surface area contributed by atoms with Gasteiger partial charge in [-0.25, -0.2) is 0 Å². The molecular formula is C17H15N2. The van der Waals surface area contributed by atoms with E-state index in [1.54, 1.807) is 0 Å². The summed E-state index contributed by atoms with van der Waals surface area (Å²) in [6, 6.07) is 13.5. The predicted molar refractivity (Wildman–Crippen MR) is 78.2 cm³/mol. The summed E-state index contributed by atoms with van der Waals surface area (Å²) in [5.41, 5.74) is 4.56. The second kappa shape index (κ2) is 5.11. The normalized spacial score (nSPS) is 14.4. The SMILES string of the molecule is Cc1ccc([C]2C=CC=CN2)c(-c2ccccn2)c1. The molecule has 2 aromatic rings. The molecule has 0 fully saturated rings. The number of nitrogens with zero attached hydrogens (tertiary/aromatic N) is 1. The van der Waals surface area contributed by atoms with Crippen molar-refractivity contribution >= 4 is 0 Å². The minimum atomic E-state index is 0.999. The van der Waals surface area contributed by atoms with Crippen LogP contribution in [0.25, 0.3) is 11.3 Å². The topological polar surface area (TPSA) is 24.9 Å². The van der Waals surface area contributed by atoms with Crippen LogP contribution in [0.15, 0.2) is 67.0 Å². The Balaban J connectivity index is 2.10. The first-order valence-corrected chi connectivity index (χ1v) is 6.34. The van der Waals surface area contributed by atoms with Crippen molar-refractivity contribution in [2.75, 3.05) is 0 Å². The van der Waals surface area contributed by atoms with Crippen molar-refractivity contribution in [3.05, 3.63) is 84.2 Å². The average molecular weight is 247 g/mol. The molecule has 0 atom stereocenters. The Morgan fingerprint density at radius 1 is 1.00 bits per heavy atom. The zero-order chi connectivity index (χ0) is 13.1. The molecule has 19 heavy (non-hydrogen) atoms. The number of allylic oxidation sites excluding steroid dienone is 2. The number of benzene rings is 1. The molecule has 1 radical (unpaired) electrons. The van der Waals surface area contributed by atoms with E-state index in [9.17, 15) is 0 Å². The van der Waals surface area contributed by atoms with Gasteiger partial charge in [0, 0.05) is 11.8 Å². The largest absolute Gasteiger partial charge is 0.376 e. The zero-order valence-corrected chi connectivity index (χ0v) is 10.8. The Labute approximate surface area is 113 Å². The number of rotatable bonds is 2. The van der Waals surface area contributed by atoms with E-state index in [4.69, 9.17) is 0 Å². The highest BCUT2D eigenvalue weighted by molar-refractivity contribution is 5.69. The number of pyridine rings is 1. The highest BCUT2D eigenvalue weighted by atomic mass is 14.9. The van der Waals surface area contributed by atoms with Gasteiger partial charge in [-0.3, -0.25) is 4.98 Å². The highest BCUT2D eigenvalue weighted by Gasteiger charge is 2.15. The molecule has 93 valence electrons. The van der Waals surface area contributed by atoms with E-state index in [1.807, 2.05) is 42.7 Å². The van der Waals surface area contributed by atoms with Crippen LogP contribution in [0.2, 0.25) is 0 Å². The lowest BCUT2D eigenvalue weighted by Crippen LogP contribution is -2.17. The van der Waals surface area contributed by atoms with E-state index in [2.05, 4.69) is 41.5 Å². The van der Waals surface area contributed by atoms with Gasteiger partial charge in [0.05, 0.1) is 5.69 Å². The first kappa shape index (κ1) is 11.7. The van der Waals surface area contributed by atoms with Crippen LogP contribution < -0.4 is 5.32 Å². The van der Waals surface area contributed by atoms with E-state index >= 15 is 0 Å². The van der Waals surface area contributed by atoms with Gasteiger partial charge in [0.1, 0.15) is 6.04 Å². The fourth-order valence-electron chi connectivity index (χ4n) is 2.19. The van der Waals surface area contributed by atoms with Crippen LogP contribution in [0.1, 0.15) is 11.1 Å². The minimum Gasteiger partial charge on any atom is -0.376 e. The predicted octanol–water partition coefficient (Wildman–Crippen LogP) is 3.61. The van der Waals surface area contributed by atoms with Crippen LogP contribution in [-0.2, 0) is 0 Å². The third-order valence-electron chi connectivity index (χ3n) is 3.12. The van der Waals surface area contributed by atoms with E-state index in [-0.39, 0.29) is 0 Å². The van der Waals surface area contributed by atoms with Gasteiger partial charge in [0.15, 0.2) is 0 Å². The number of dihydropyridines is 1. The van der Waals surface area contributed by atoms with Crippen LogP contribution in [0.4, 0.5) is 0 Å². The summed E-state index contributed by atoms with van der Waals surface area (Å²) in [4.78, 5) is 4.46. The molecule has 0 amide bonds. The number of aromatic nitrogens is 1. The van der Waals surface area contributed by atoms with Crippen molar-refractivity contribution in [3.63, 3.8) is 0 Å². The Hall–Kier alpha value is -2.35. The number of aryl methyl sites for hydroxylation is 1. The standard InChI is InChI=1S/C17H15N2/c1-13-8-9-14(16-6-2-4-10-18-16)15(12-13)17-7-3-5-11-19-17/h2-12,18H,1H3. The fourth-order valence-corrected chi connectivity index (χ4v) is 2.19. The molecular weight excluding hydrogens is 232 g/mol. The van der Waals surface area contributed by atoms with Gasteiger partial charge < -0.3 is 5.32 Å². The van der Waals surface area contributed by atoms with E-state index in [0.29, 0.717) is 0 Å². The molecule has 1 N–H and O–H groups in total. The third kappa shape index (κ3) is 2.43. The van der Waals surface area contributed by atoms with Crippen molar-refractivity contribution < 1.29 is 0 Å². The fraction of sp³-hybridized carbons (Fsp3) is 0.0588. The Bertz CT molecular complexity index is 627. The number of hydrogen-bond donors (Lipinski definition) is 1. The Morgan fingerprint density at radius 3 is 2.68 bits per heavy atom. The summed E-state index contributed by atoms with van der Waals surface area (Å²) in [6.45, 7) is 2.10. The van der Waals surface area contributed by atoms with Crippen LogP contribution in [0.3, 0.4) is 0 Å². The van der Waals surface area contributed by atoms with Crippen molar-refractivity contribution in [3.8, 4) is 11.3 Å². The van der Waals surface area contributed by atoms with E-state index in [1.165, 1.54) is 11.1 Å². The molecule has 0 saturated heterocycles. The van der Waals surface area contributed by atoms with Crippen molar-refractivity contribution in [1.29, 1.82) is 0 Å². The zero-order valence-electron chi connectivity index (χ0n) is 10.8. The monoisotopic (exact) mass is 247 g/mol. The van der Waals surface area contributed by atoms with Crippen molar-refractivity contribution in [1.82, 2.24) is 10.3 Å². The van der Waals surface area contributed by atoms with E-state index < -0.39 is 0 Å². The summed E-state index contributed by atoms with van der Waals surface area (Å²) in [5.74, 6) is 0. The second-order valence-corrected chi connectivity index (χ2v) is 4.54. The van der Waals surface area contributed by atoms with Gasteiger partial charge in [-0.1, -0.05) is 35.9 Å². The maximum Gasteiger partial charge on any atom is 0.113 e. The summed E-state index contributed by atoms with van der Waals surface area (Å²) in [5, 5.41) is 3.29. The van der Waals surface area contributed by atoms with Crippen molar-refractivity contribution in [2.24, 2.45) is 0 Å². The van der Waals surface area contributed by atoms with Gasteiger partial charge in [0.2, 0.25) is 0 Å². The summed E-state index contributed by atoms with van der Waals surface area (Å²) in [7, 11) is 0. The van der Waals surface area contributed by atoms with E-state index in [0.717, 1.165) is 17.3 Å². The molecule has 1 aliphatic rings. The molecule has 2 heteroatoms. The molecule has 2 heterocycles. The first-order chi connectivity index (χ1) is 9.34. The molecule has 0 saturated carbocycles. The van der Waals surface area contributed by atoms with Crippen LogP contribution in [0, 0.1) is 13.0 Å². The van der Waals surface area contributed by atoms with Gasteiger partial charge in [-0.05, 0) is 43.0 Å². The molecule has 0 unspecified atom stereocenters. The molecule has 0 bridgehead atoms. The Kier molecular flexibility index (Phi) is 3.15. The summed E-state index contributed by atoms with van der Waals surface area (Å²) in [6.07, 6.45) is 9.87. The molecule has 3 rings (SSSR count). The maximum absolute atomic E-state index is 4.46. The molecule has 2 nitrogen and oxygen atoms in total. The van der Waals surface area contributed by atoms with Gasteiger partial charge in [-0.15, -0.1) is 0 Å².